The lowest BCUT2D eigenvalue weighted by Gasteiger charge is -2.33. The van der Waals surface area contributed by atoms with Crippen LogP contribution >= 0.6 is 23.2 Å². The van der Waals surface area contributed by atoms with Crippen molar-refractivity contribution in [2.24, 2.45) is 0 Å². The maximum atomic E-state index is 12.9. The van der Waals surface area contributed by atoms with Gasteiger partial charge in [0.05, 0.1) is 30.0 Å². The first-order chi connectivity index (χ1) is 12.8. The minimum Gasteiger partial charge on any atom is -0.464 e. The van der Waals surface area contributed by atoms with Crippen molar-refractivity contribution in [1.29, 1.82) is 0 Å². The number of aromatic nitrogens is 3. The number of benzene rings is 1. The molecule has 0 spiro atoms. The molecule has 1 aromatic carbocycles. The molecule has 2 heterocycles. The predicted octanol–water partition coefficient (Wildman–Crippen LogP) is 1.34. The summed E-state index contributed by atoms with van der Waals surface area (Å²) in [6.45, 7) is 1.90. The fraction of sp³-hybridized carbons (Fsp3) is 0.400. The Bertz CT molecular complexity index is 921. The van der Waals surface area contributed by atoms with E-state index in [0.717, 1.165) is 0 Å². The average Bonchev–Trinajstić information content (AvgIpc) is 3.09. The zero-order valence-corrected chi connectivity index (χ0v) is 16.7. The Balaban J connectivity index is 1.65. The summed E-state index contributed by atoms with van der Waals surface area (Å²) < 4.78 is 33.2. The molecule has 146 valence electrons. The van der Waals surface area contributed by atoms with Crippen LogP contribution in [-0.4, -0.2) is 71.9 Å². The molecular weight excluding hydrogens is 417 g/mol. The Morgan fingerprint density at radius 2 is 1.81 bits per heavy atom. The molecular formula is C15H17Cl2N5O4S. The van der Waals surface area contributed by atoms with Gasteiger partial charge in [0.15, 0.2) is 5.69 Å². The number of carbonyl (C=O) groups excluding carboxylic acids is 1. The second-order valence-electron chi connectivity index (χ2n) is 5.85. The predicted molar refractivity (Wildman–Crippen MR) is 98.2 cm³/mol. The number of halogens is 2. The molecule has 1 aliphatic heterocycles. The number of hydrogen-bond donors (Lipinski definition) is 0. The Hall–Kier alpha value is -1.72. The number of nitrogens with zero attached hydrogens (tertiary/aromatic N) is 5. The minimum atomic E-state index is -3.78. The van der Waals surface area contributed by atoms with Gasteiger partial charge in [-0.1, -0.05) is 34.5 Å². The molecule has 0 amide bonds. The van der Waals surface area contributed by atoms with Gasteiger partial charge in [0.2, 0.25) is 10.0 Å². The number of piperazine rings is 1. The van der Waals surface area contributed by atoms with E-state index in [1.807, 2.05) is 4.90 Å². The smallest absolute Gasteiger partial charge is 0.360 e. The third kappa shape index (κ3) is 4.25. The SMILES string of the molecule is COC(=O)c1cn(CN2CCN(S(=O)(=O)c3c(Cl)cccc3Cl)CC2)nn1. The normalized spacial score (nSPS) is 16.4. The third-order valence-corrected chi connectivity index (χ3v) is 6.98. The van der Waals surface area contributed by atoms with Gasteiger partial charge in [-0.05, 0) is 12.1 Å². The van der Waals surface area contributed by atoms with E-state index in [0.29, 0.717) is 19.8 Å². The van der Waals surface area contributed by atoms with Gasteiger partial charge in [0.1, 0.15) is 4.90 Å². The molecule has 27 heavy (non-hydrogen) atoms. The second kappa shape index (κ2) is 8.11. The maximum absolute atomic E-state index is 12.9. The van der Waals surface area contributed by atoms with E-state index >= 15 is 0 Å². The largest absolute Gasteiger partial charge is 0.464 e. The van der Waals surface area contributed by atoms with E-state index in [1.54, 1.807) is 6.07 Å². The quantitative estimate of drug-likeness (QED) is 0.655. The van der Waals surface area contributed by atoms with E-state index in [2.05, 4.69) is 15.0 Å². The summed E-state index contributed by atoms with van der Waals surface area (Å²) in [5.74, 6) is -0.561. The summed E-state index contributed by atoms with van der Waals surface area (Å²) in [5.41, 5.74) is 0.118. The van der Waals surface area contributed by atoms with Crippen LogP contribution in [0.15, 0.2) is 29.3 Å². The monoisotopic (exact) mass is 433 g/mol. The van der Waals surface area contributed by atoms with Crippen LogP contribution in [0.3, 0.4) is 0 Å². The van der Waals surface area contributed by atoms with Crippen molar-refractivity contribution in [1.82, 2.24) is 24.2 Å². The number of rotatable bonds is 5. The highest BCUT2D eigenvalue weighted by Crippen LogP contribution is 2.31. The highest BCUT2D eigenvalue weighted by Gasteiger charge is 2.32. The topological polar surface area (TPSA) is 97.6 Å². The molecule has 0 saturated carbocycles. The number of carbonyl (C=O) groups is 1. The van der Waals surface area contributed by atoms with E-state index in [-0.39, 0.29) is 33.7 Å². The molecule has 3 rings (SSSR count). The third-order valence-electron chi connectivity index (χ3n) is 4.13. The van der Waals surface area contributed by atoms with Gasteiger partial charge in [0.25, 0.3) is 0 Å². The van der Waals surface area contributed by atoms with E-state index < -0.39 is 16.0 Å². The van der Waals surface area contributed by atoms with Gasteiger partial charge in [-0.3, -0.25) is 4.90 Å². The fourth-order valence-electron chi connectivity index (χ4n) is 2.74. The molecule has 0 aliphatic carbocycles. The maximum Gasteiger partial charge on any atom is 0.360 e. The number of sulfonamides is 1. The van der Waals surface area contributed by atoms with Crippen molar-refractivity contribution in [3.05, 3.63) is 40.1 Å². The highest BCUT2D eigenvalue weighted by molar-refractivity contribution is 7.89. The molecule has 12 heteroatoms. The van der Waals surface area contributed by atoms with Crippen LogP contribution < -0.4 is 0 Å². The van der Waals surface area contributed by atoms with Gasteiger partial charge >= 0.3 is 5.97 Å². The summed E-state index contributed by atoms with van der Waals surface area (Å²) >= 11 is 12.1. The lowest BCUT2D eigenvalue weighted by molar-refractivity contribution is 0.0593. The van der Waals surface area contributed by atoms with Crippen LogP contribution in [0.1, 0.15) is 10.5 Å². The van der Waals surface area contributed by atoms with Crippen LogP contribution in [0, 0.1) is 0 Å². The zero-order chi connectivity index (χ0) is 19.6. The number of esters is 1. The molecule has 1 saturated heterocycles. The molecule has 0 atom stereocenters. The molecule has 2 aromatic rings. The standard InChI is InChI=1S/C15H17Cl2N5O4S/c1-26-15(23)13-9-21(19-18-13)10-20-5-7-22(8-6-20)27(24,25)14-11(16)3-2-4-12(14)17/h2-4,9H,5-8,10H2,1H3. The van der Waals surface area contributed by atoms with Gasteiger partial charge < -0.3 is 4.74 Å². The van der Waals surface area contributed by atoms with Crippen LogP contribution in [0.4, 0.5) is 0 Å². The molecule has 1 aliphatic rings. The number of hydrogen-bond acceptors (Lipinski definition) is 7. The van der Waals surface area contributed by atoms with Crippen molar-refractivity contribution in [3.8, 4) is 0 Å². The van der Waals surface area contributed by atoms with Crippen molar-refractivity contribution in [2.45, 2.75) is 11.6 Å². The van der Waals surface area contributed by atoms with E-state index in [4.69, 9.17) is 23.2 Å². The Kier molecular flexibility index (Phi) is 6.02. The summed E-state index contributed by atoms with van der Waals surface area (Å²) in [7, 11) is -2.51. The van der Waals surface area contributed by atoms with Crippen LogP contribution in [0.2, 0.25) is 10.0 Å². The number of ether oxygens (including phenoxy) is 1. The Morgan fingerprint density at radius 3 is 2.41 bits per heavy atom. The van der Waals surface area contributed by atoms with E-state index in [1.165, 1.54) is 34.4 Å². The fourth-order valence-corrected chi connectivity index (χ4v) is 5.25. The molecule has 0 bridgehead atoms. The second-order valence-corrected chi connectivity index (χ2v) is 8.54. The summed E-state index contributed by atoms with van der Waals surface area (Å²) in [4.78, 5) is 13.3. The first kappa shape index (κ1) is 20.0. The Morgan fingerprint density at radius 1 is 1.19 bits per heavy atom. The van der Waals surface area contributed by atoms with E-state index in [9.17, 15) is 13.2 Å². The average molecular weight is 434 g/mol. The molecule has 0 radical (unpaired) electrons. The minimum absolute atomic E-state index is 0.0687. The lowest BCUT2D eigenvalue weighted by Crippen LogP contribution is -2.49. The van der Waals surface area contributed by atoms with Crippen molar-refractivity contribution < 1.29 is 17.9 Å². The van der Waals surface area contributed by atoms with Gasteiger partial charge in [-0.2, -0.15) is 4.31 Å². The van der Waals surface area contributed by atoms with Crippen LogP contribution in [0.5, 0.6) is 0 Å². The summed E-state index contributed by atoms with van der Waals surface area (Å²) in [6, 6.07) is 4.60. The number of methoxy groups -OCH3 is 1. The highest BCUT2D eigenvalue weighted by atomic mass is 35.5. The zero-order valence-electron chi connectivity index (χ0n) is 14.4. The van der Waals surface area contributed by atoms with Crippen molar-refractivity contribution >= 4 is 39.2 Å². The Labute approximate surface area is 166 Å². The molecule has 9 nitrogen and oxygen atoms in total. The van der Waals surface area contributed by atoms with Gasteiger partial charge in [-0.25, -0.2) is 17.9 Å². The lowest BCUT2D eigenvalue weighted by atomic mass is 10.4. The first-order valence-corrected chi connectivity index (χ1v) is 10.2. The summed E-state index contributed by atoms with van der Waals surface area (Å²) in [5, 5.41) is 7.82. The van der Waals surface area contributed by atoms with Gasteiger partial charge in [-0.15, -0.1) is 5.10 Å². The molecule has 1 fully saturated rings. The first-order valence-electron chi connectivity index (χ1n) is 7.98. The molecule has 0 N–H and O–H groups in total. The molecule has 0 unspecified atom stereocenters. The van der Waals surface area contributed by atoms with Gasteiger partial charge in [0, 0.05) is 26.2 Å². The van der Waals surface area contributed by atoms with Crippen LogP contribution in [0.25, 0.3) is 0 Å². The molecule has 1 aromatic heterocycles. The summed E-state index contributed by atoms with van der Waals surface area (Å²) in [6.07, 6.45) is 1.48. The van der Waals surface area contributed by atoms with Crippen LogP contribution in [-0.2, 0) is 21.4 Å². The van der Waals surface area contributed by atoms with Crippen molar-refractivity contribution in [2.75, 3.05) is 33.3 Å². The van der Waals surface area contributed by atoms with Crippen molar-refractivity contribution in [3.63, 3.8) is 0 Å².